The van der Waals surface area contributed by atoms with E-state index in [2.05, 4.69) is 34.6 Å². The third-order valence-corrected chi connectivity index (χ3v) is 2.05. The Balaban J connectivity index is 2.66. The van der Waals surface area contributed by atoms with Crippen molar-refractivity contribution in [3.05, 3.63) is 35.8 Å². The minimum Gasteiger partial charge on any atom is -0.307 e. The third-order valence-electron chi connectivity index (χ3n) is 2.05. The van der Waals surface area contributed by atoms with Crippen LogP contribution in [0.4, 0.5) is 0 Å². The maximum absolute atomic E-state index is 4.38. The van der Waals surface area contributed by atoms with Crippen LogP contribution in [0, 0.1) is 6.92 Å². The lowest BCUT2D eigenvalue weighted by atomic mass is 10.2. The molecule has 2 heterocycles. The van der Waals surface area contributed by atoms with Crippen molar-refractivity contribution in [3.63, 3.8) is 0 Å². The minimum absolute atomic E-state index is 1.05. The predicted octanol–water partition coefficient (Wildman–Crippen LogP) is 2.21. The number of fused-ring (bicyclic) bond motifs is 1. The third kappa shape index (κ3) is 1.09. The van der Waals surface area contributed by atoms with Gasteiger partial charge in [0.1, 0.15) is 5.65 Å². The number of nitrogens with zero attached hydrogens (tertiary/aromatic N) is 2. The molecule has 2 rings (SSSR count). The molecule has 62 valence electrons. The molecule has 0 fully saturated rings. The molecule has 0 atom stereocenters. The largest absolute Gasteiger partial charge is 0.307 e. The summed E-state index contributed by atoms with van der Waals surface area (Å²) in [5, 5.41) is 0. The second kappa shape index (κ2) is 2.63. The minimum atomic E-state index is 1.05. The molecule has 0 aliphatic carbocycles. The van der Waals surface area contributed by atoms with Gasteiger partial charge < -0.3 is 4.40 Å². The van der Waals surface area contributed by atoms with E-state index in [-0.39, 0.29) is 0 Å². The molecule has 0 N–H and O–H groups in total. The fourth-order valence-corrected chi connectivity index (χ4v) is 1.37. The fourth-order valence-electron chi connectivity index (χ4n) is 1.37. The van der Waals surface area contributed by atoms with E-state index in [1.165, 1.54) is 5.56 Å². The molecule has 0 aliphatic heterocycles. The average Bonchev–Trinajstić information content (AvgIpc) is 2.43. The van der Waals surface area contributed by atoms with E-state index >= 15 is 0 Å². The van der Waals surface area contributed by atoms with Crippen molar-refractivity contribution in [1.29, 1.82) is 0 Å². The van der Waals surface area contributed by atoms with E-state index in [1.54, 1.807) is 0 Å². The van der Waals surface area contributed by atoms with E-state index in [0.29, 0.717) is 0 Å². The Morgan fingerprint density at radius 2 is 2.33 bits per heavy atom. The van der Waals surface area contributed by atoms with Crippen molar-refractivity contribution in [2.24, 2.45) is 0 Å². The van der Waals surface area contributed by atoms with E-state index in [1.807, 2.05) is 13.1 Å². The van der Waals surface area contributed by atoms with Gasteiger partial charge in [-0.3, -0.25) is 0 Å². The number of hydrogen-bond donors (Lipinski definition) is 0. The highest BCUT2D eigenvalue weighted by Crippen LogP contribution is 2.07. The van der Waals surface area contributed by atoms with Gasteiger partial charge in [0, 0.05) is 12.4 Å². The van der Waals surface area contributed by atoms with Gasteiger partial charge >= 0.3 is 0 Å². The van der Waals surface area contributed by atoms with Crippen LogP contribution < -0.4 is 0 Å². The lowest BCUT2D eigenvalue weighted by Gasteiger charge is -1.96. The van der Waals surface area contributed by atoms with Crippen molar-refractivity contribution < 1.29 is 0 Å². The van der Waals surface area contributed by atoms with Crippen LogP contribution in [0.25, 0.3) is 5.65 Å². The normalized spacial score (nSPS) is 10.8. The Kier molecular flexibility index (Phi) is 1.61. The lowest BCUT2D eigenvalue weighted by Crippen LogP contribution is -1.85. The number of rotatable bonds is 1. The first-order valence-electron chi connectivity index (χ1n) is 4.24. The standard InChI is InChI=1S/C10H12N2/c1-3-9-4-5-12-7-8(2)11-10(12)6-9/h4-7H,3H2,1-2H3. The number of aryl methyl sites for hydroxylation is 2. The van der Waals surface area contributed by atoms with E-state index in [4.69, 9.17) is 0 Å². The molecule has 0 spiro atoms. The van der Waals surface area contributed by atoms with Gasteiger partial charge in [-0.05, 0) is 31.0 Å². The maximum atomic E-state index is 4.38. The molecule has 0 bridgehead atoms. The van der Waals surface area contributed by atoms with Gasteiger partial charge in [-0.15, -0.1) is 0 Å². The fraction of sp³-hybridized carbons (Fsp3) is 0.300. The molecule has 2 heteroatoms. The molecule has 0 amide bonds. The monoisotopic (exact) mass is 160 g/mol. The molecule has 0 aliphatic rings. The molecule has 12 heavy (non-hydrogen) atoms. The molecular formula is C10H12N2. The van der Waals surface area contributed by atoms with Crippen LogP contribution in [0.5, 0.6) is 0 Å². The van der Waals surface area contributed by atoms with Gasteiger partial charge in [-0.1, -0.05) is 6.92 Å². The highest BCUT2D eigenvalue weighted by atomic mass is 15.0. The molecule has 0 radical (unpaired) electrons. The van der Waals surface area contributed by atoms with Crippen LogP contribution >= 0.6 is 0 Å². The van der Waals surface area contributed by atoms with E-state index in [0.717, 1.165) is 17.8 Å². The van der Waals surface area contributed by atoms with Gasteiger partial charge in [-0.2, -0.15) is 0 Å². The zero-order valence-electron chi connectivity index (χ0n) is 7.41. The first-order chi connectivity index (χ1) is 5.79. The van der Waals surface area contributed by atoms with Crippen molar-refractivity contribution in [2.75, 3.05) is 0 Å². The van der Waals surface area contributed by atoms with Crippen LogP contribution in [-0.2, 0) is 6.42 Å². The zero-order valence-corrected chi connectivity index (χ0v) is 7.41. The van der Waals surface area contributed by atoms with Gasteiger partial charge in [-0.25, -0.2) is 4.98 Å². The first-order valence-corrected chi connectivity index (χ1v) is 4.24. The lowest BCUT2D eigenvalue weighted by molar-refractivity contribution is 1.10. The summed E-state index contributed by atoms with van der Waals surface area (Å²) >= 11 is 0. The van der Waals surface area contributed by atoms with Crippen molar-refractivity contribution in [1.82, 2.24) is 9.38 Å². The molecular weight excluding hydrogens is 148 g/mol. The van der Waals surface area contributed by atoms with Crippen LogP contribution in [0.1, 0.15) is 18.2 Å². The number of pyridine rings is 1. The second-order valence-electron chi connectivity index (χ2n) is 3.04. The summed E-state index contributed by atoms with van der Waals surface area (Å²) in [5.41, 5.74) is 3.46. The Hall–Kier alpha value is -1.31. The summed E-state index contributed by atoms with van der Waals surface area (Å²) in [6, 6.07) is 4.27. The van der Waals surface area contributed by atoms with Gasteiger partial charge in [0.2, 0.25) is 0 Å². The molecule has 2 aromatic rings. The molecule has 0 aromatic carbocycles. The first kappa shape index (κ1) is 7.35. The van der Waals surface area contributed by atoms with Crippen LogP contribution in [0.2, 0.25) is 0 Å². The second-order valence-corrected chi connectivity index (χ2v) is 3.04. The van der Waals surface area contributed by atoms with Crippen LogP contribution in [-0.4, -0.2) is 9.38 Å². The van der Waals surface area contributed by atoms with Gasteiger partial charge in [0.15, 0.2) is 0 Å². The average molecular weight is 160 g/mol. The van der Waals surface area contributed by atoms with E-state index in [9.17, 15) is 0 Å². The highest BCUT2D eigenvalue weighted by molar-refractivity contribution is 5.42. The summed E-state index contributed by atoms with van der Waals surface area (Å²) in [7, 11) is 0. The van der Waals surface area contributed by atoms with E-state index < -0.39 is 0 Å². The summed E-state index contributed by atoms with van der Waals surface area (Å²) in [4.78, 5) is 4.38. The zero-order chi connectivity index (χ0) is 8.55. The molecule has 2 aromatic heterocycles. The highest BCUT2D eigenvalue weighted by Gasteiger charge is 1.96. The molecule has 0 unspecified atom stereocenters. The summed E-state index contributed by atoms with van der Waals surface area (Å²) in [6.07, 6.45) is 5.17. The number of hydrogen-bond acceptors (Lipinski definition) is 1. The van der Waals surface area contributed by atoms with Crippen LogP contribution in [0.15, 0.2) is 24.5 Å². The van der Waals surface area contributed by atoms with Crippen molar-refractivity contribution >= 4 is 5.65 Å². The predicted molar refractivity (Wildman–Crippen MR) is 49.3 cm³/mol. The molecule has 0 saturated heterocycles. The summed E-state index contributed by atoms with van der Waals surface area (Å²) in [5.74, 6) is 0. The van der Waals surface area contributed by atoms with Gasteiger partial charge in [0.05, 0.1) is 5.69 Å². The van der Waals surface area contributed by atoms with Crippen molar-refractivity contribution in [2.45, 2.75) is 20.3 Å². The Morgan fingerprint density at radius 3 is 3.08 bits per heavy atom. The Morgan fingerprint density at radius 1 is 1.50 bits per heavy atom. The molecule has 2 nitrogen and oxygen atoms in total. The quantitative estimate of drug-likeness (QED) is 0.625. The Labute approximate surface area is 71.9 Å². The summed E-state index contributed by atoms with van der Waals surface area (Å²) < 4.78 is 2.05. The number of imidazole rings is 1. The smallest absolute Gasteiger partial charge is 0.137 e. The maximum Gasteiger partial charge on any atom is 0.137 e. The topological polar surface area (TPSA) is 17.3 Å². The van der Waals surface area contributed by atoms with Gasteiger partial charge in [0.25, 0.3) is 0 Å². The Bertz CT molecular complexity index is 401. The summed E-state index contributed by atoms with van der Waals surface area (Å²) in [6.45, 7) is 4.17. The SMILES string of the molecule is CCc1ccn2cc(C)nc2c1. The van der Waals surface area contributed by atoms with Crippen molar-refractivity contribution in [3.8, 4) is 0 Å². The van der Waals surface area contributed by atoms with Crippen LogP contribution in [0.3, 0.4) is 0 Å². The molecule has 0 saturated carbocycles. The number of aromatic nitrogens is 2.